The van der Waals surface area contributed by atoms with Gasteiger partial charge in [0.25, 0.3) is 0 Å². The topological polar surface area (TPSA) is 58.3 Å². The summed E-state index contributed by atoms with van der Waals surface area (Å²) in [5.41, 5.74) is 8.39. The largest absolute Gasteiger partial charge is 0.359 e. The second kappa shape index (κ2) is 4.39. The van der Waals surface area contributed by atoms with E-state index in [0.717, 1.165) is 56.4 Å². The first-order valence-electron chi connectivity index (χ1n) is 6.74. The molecule has 5 nitrogen and oxygen atoms in total. The monoisotopic (exact) mass is 247 g/mol. The quantitative estimate of drug-likeness (QED) is 0.792. The molecule has 0 bridgehead atoms. The van der Waals surface area contributed by atoms with E-state index in [2.05, 4.69) is 28.8 Å². The lowest BCUT2D eigenvalue weighted by Gasteiger charge is -2.30. The maximum absolute atomic E-state index is 5.94. The lowest BCUT2D eigenvalue weighted by molar-refractivity contribution is 0.495. The number of fused-ring (bicyclic) bond motifs is 1. The van der Waals surface area contributed by atoms with Gasteiger partial charge in [-0.15, -0.1) is 0 Å². The maximum atomic E-state index is 5.94. The van der Waals surface area contributed by atoms with Gasteiger partial charge >= 0.3 is 0 Å². The summed E-state index contributed by atoms with van der Waals surface area (Å²) < 4.78 is 0. The Morgan fingerprint density at radius 1 is 1.17 bits per heavy atom. The summed E-state index contributed by atoms with van der Waals surface area (Å²) in [7, 11) is 2.11. The molecule has 0 atom stereocenters. The van der Waals surface area contributed by atoms with Crippen molar-refractivity contribution < 1.29 is 0 Å². The molecule has 0 saturated carbocycles. The van der Waals surface area contributed by atoms with Gasteiger partial charge < -0.3 is 15.5 Å². The first-order valence-corrected chi connectivity index (χ1v) is 6.74. The molecular formula is C13H21N5. The first-order chi connectivity index (χ1) is 8.65. The van der Waals surface area contributed by atoms with Gasteiger partial charge in [0.2, 0.25) is 5.95 Å². The minimum Gasteiger partial charge on any atom is -0.359 e. The zero-order valence-electron chi connectivity index (χ0n) is 11.2. The number of likely N-dealkylation sites (N-methyl/N-ethyl adjacent to an activating group) is 1. The predicted molar refractivity (Wildman–Crippen MR) is 73.2 cm³/mol. The van der Waals surface area contributed by atoms with Crippen LogP contribution in [0, 0.1) is 6.92 Å². The number of nitrogens with zero attached hydrogens (tertiary/aromatic N) is 4. The number of aryl methyl sites for hydroxylation is 1. The highest BCUT2D eigenvalue weighted by Crippen LogP contribution is 2.29. The summed E-state index contributed by atoms with van der Waals surface area (Å²) in [6, 6.07) is 0.347. The second-order valence-electron chi connectivity index (χ2n) is 5.41. The molecule has 0 aliphatic carbocycles. The molecular weight excluding hydrogens is 226 g/mol. The van der Waals surface area contributed by atoms with Gasteiger partial charge in [0, 0.05) is 44.0 Å². The highest BCUT2D eigenvalue weighted by Gasteiger charge is 2.24. The summed E-state index contributed by atoms with van der Waals surface area (Å²) in [5, 5.41) is 0. The lowest BCUT2D eigenvalue weighted by Crippen LogP contribution is -2.40. The number of aromatic nitrogens is 2. The van der Waals surface area contributed by atoms with E-state index in [1.165, 1.54) is 5.56 Å². The Morgan fingerprint density at radius 3 is 2.61 bits per heavy atom. The maximum Gasteiger partial charge on any atom is 0.227 e. The third-order valence-corrected chi connectivity index (χ3v) is 4.06. The molecule has 98 valence electrons. The third kappa shape index (κ3) is 1.92. The molecule has 0 radical (unpaired) electrons. The molecule has 1 aromatic rings. The third-order valence-electron chi connectivity index (χ3n) is 4.06. The molecule has 0 spiro atoms. The number of hydrogen-bond donors (Lipinski definition) is 1. The molecule has 0 amide bonds. The van der Waals surface area contributed by atoms with E-state index in [9.17, 15) is 0 Å². The van der Waals surface area contributed by atoms with Gasteiger partial charge in [-0.05, 0) is 26.2 Å². The number of nitrogens with two attached hydrogens (primary N) is 1. The van der Waals surface area contributed by atoms with Crippen LogP contribution in [0.2, 0.25) is 0 Å². The molecule has 3 rings (SSSR count). The van der Waals surface area contributed by atoms with Crippen molar-refractivity contribution in [1.82, 2.24) is 9.97 Å². The van der Waals surface area contributed by atoms with Crippen LogP contribution in [0.4, 0.5) is 11.8 Å². The van der Waals surface area contributed by atoms with Crippen molar-refractivity contribution in [1.29, 1.82) is 0 Å². The first kappa shape index (κ1) is 11.7. The van der Waals surface area contributed by atoms with Gasteiger partial charge in [-0.25, -0.2) is 4.98 Å². The van der Waals surface area contributed by atoms with Crippen molar-refractivity contribution in [2.75, 3.05) is 36.5 Å². The molecule has 1 fully saturated rings. The predicted octanol–water partition coefficient (Wildman–Crippen LogP) is 0.705. The summed E-state index contributed by atoms with van der Waals surface area (Å²) in [6.07, 6.45) is 3.15. The van der Waals surface area contributed by atoms with Gasteiger partial charge in [0.1, 0.15) is 5.82 Å². The van der Waals surface area contributed by atoms with E-state index in [1.807, 2.05) is 0 Å². The van der Waals surface area contributed by atoms with Crippen LogP contribution in [-0.2, 0) is 6.42 Å². The minimum absolute atomic E-state index is 0.347. The Bertz CT molecular complexity index is 451. The molecule has 0 aromatic carbocycles. The Hall–Kier alpha value is -1.36. The van der Waals surface area contributed by atoms with Crippen LogP contribution in [-0.4, -0.2) is 42.7 Å². The van der Waals surface area contributed by atoms with Crippen molar-refractivity contribution in [2.45, 2.75) is 32.2 Å². The van der Waals surface area contributed by atoms with Gasteiger partial charge in [0.05, 0.1) is 0 Å². The van der Waals surface area contributed by atoms with Crippen LogP contribution in [0.1, 0.15) is 24.1 Å². The molecule has 3 heterocycles. The van der Waals surface area contributed by atoms with Crippen LogP contribution in [0.25, 0.3) is 0 Å². The SMILES string of the molecule is Cc1nc(N2CCC(N)CC2)nc2c1CCN2C. The van der Waals surface area contributed by atoms with Crippen molar-refractivity contribution in [3.05, 3.63) is 11.3 Å². The normalized spacial score (nSPS) is 20.4. The van der Waals surface area contributed by atoms with Crippen molar-refractivity contribution in [3.63, 3.8) is 0 Å². The Labute approximate surface area is 108 Å². The molecule has 2 N–H and O–H groups in total. The number of piperidine rings is 1. The minimum atomic E-state index is 0.347. The zero-order valence-corrected chi connectivity index (χ0v) is 11.2. The molecule has 5 heteroatoms. The standard InChI is InChI=1S/C13H21N5/c1-9-11-5-6-17(2)12(11)16-13(15-9)18-7-3-10(14)4-8-18/h10H,3-8,14H2,1-2H3. The van der Waals surface area contributed by atoms with Gasteiger partial charge in [0.15, 0.2) is 0 Å². The van der Waals surface area contributed by atoms with E-state index < -0.39 is 0 Å². The summed E-state index contributed by atoms with van der Waals surface area (Å²) in [5.74, 6) is 2.00. The average Bonchev–Trinajstić information content (AvgIpc) is 2.73. The van der Waals surface area contributed by atoms with E-state index in [1.54, 1.807) is 0 Å². The molecule has 2 aliphatic rings. The van der Waals surface area contributed by atoms with Crippen molar-refractivity contribution >= 4 is 11.8 Å². The van der Waals surface area contributed by atoms with Crippen LogP contribution in [0.15, 0.2) is 0 Å². The molecule has 0 unspecified atom stereocenters. The zero-order chi connectivity index (χ0) is 12.7. The van der Waals surface area contributed by atoms with Crippen molar-refractivity contribution in [2.24, 2.45) is 5.73 Å². The average molecular weight is 247 g/mol. The Morgan fingerprint density at radius 2 is 1.89 bits per heavy atom. The van der Waals surface area contributed by atoms with E-state index in [0.29, 0.717) is 6.04 Å². The fourth-order valence-electron chi connectivity index (χ4n) is 2.80. The Kier molecular flexibility index (Phi) is 2.86. The number of anilines is 2. The van der Waals surface area contributed by atoms with Crippen LogP contribution in [0.5, 0.6) is 0 Å². The Balaban J connectivity index is 1.89. The van der Waals surface area contributed by atoms with Crippen LogP contribution < -0.4 is 15.5 Å². The van der Waals surface area contributed by atoms with Crippen LogP contribution >= 0.6 is 0 Å². The highest BCUT2D eigenvalue weighted by molar-refractivity contribution is 5.56. The van der Waals surface area contributed by atoms with E-state index >= 15 is 0 Å². The fourth-order valence-corrected chi connectivity index (χ4v) is 2.80. The number of rotatable bonds is 1. The summed E-state index contributed by atoms with van der Waals surface area (Å²) in [4.78, 5) is 13.9. The van der Waals surface area contributed by atoms with Gasteiger partial charge in [-0.1, -0.05) is 0 Å². The van der Waals surface area contributed by atoms with E-state index in [-0.39, 0.29) is 0 Å². The summed E-state index contributed by atoms with van der Waals surface area (Å²) in [6.45, 7) is 5.10. The molecule has 18 heavy (non-hydrogen) atoms. The number of hydrogen-bond acceptors (Lipinski definition) is 5. The van der Waals surface area contributed by atoms with E-state index in [4.69, 9.17) is 10.7 Å². The van der Waals surface area contributed by atoms with Gasteiger partial charge in [-0.3, -0.25) is 0 Å². The van der Waals surface area contributed by atoms with Gasteiger partial charge in [-0.2, -0.15) is 4.98 Å². The highest BCUT2D eigenvalue weighted by atomic mass is 15.3. The fraction of sp³-hybridized carbons (Fsp3) is 0.692. The smallest absolute Gasteiger partial charge is 0.227 e. The summed E-state index contributed by atoms with van der Waals surface area (Å²) >= 11 is 0. The van der Waals surface area contributed by atoms with Crippen LogP contribution in [0.3, 0.4) is 0 Å². The second-order valence-corrected chi connectivity index (χ2v) is 5.41. The lowest BCUT2D eigenvalue weighted by atomic mass is 10.1. The molecule has 1 saturated heterocycles. The molecule has 2 aliphatic heterocycles. The van der Waals surface area contributed by atoms with Crippen molar-refractivity contribution in [3.8, 4) is 0 Å². The molecule has 1 aromatic heterocycles.